The summed E-state index contributed by atoms with van der Waals surface area (Å²) < 4.78 is 1.39. The zero-order chi connectivity index (χ0) is 15.4. The summed E-state index contributed by atoms with van der Waals surface area (Å²) in [5, 5.41) is 4.54. The van der Waals surface area contributed by atoms with Gasteiger partial charge in [0.05, 0.1) is 17.5 Å². The summed E-state index contributed by atoms with van der Waals surface area (Å²) in [7, 11) is 0. The molecule has 0 aromatic heterocycles. The second-order valence-electron chi connectivity index (χ2n) is 4.10. The van der Waals surface area contributed by atoms with Crippen LogP contribution in [0.5, 0.6) is 0 Å². The zero-order valence-electron chi connectivity index (χ0n) is 10.6. The predicted octanol–water partition coefficient (Wildman–Crippen LogP) is 4.21. The molecule has 0 aliphatic carbocycles. The minimum absolute atomic E-state index is 0.338. The van der Waals surface area contributed by atoms with Crippen molar-refractivity contribution < 1.29 is 4.79 Å². The molecule has 0 fully saturated rings. The van der Waals surface area contributed by atoms with Gasteiger partial charge in [0.2, 0.25) is 0 Å². The van der Waals surface area contributed by atoms with E-state index in [1.54, 1.807) is 36.4 Å². The van der Waals surface area contributed by atoms with E-state index in [0.29, 0.717) is 20.7 Å². The third-order valence-corrected chi connectivity index (χ3v) is 3.95. The molecule has 0 heterocycles. The first-order valence-corrected chi connectivity index (χ1v) is 7.77. The lowest BCUT2D eigenvalue weighted by atomic mass is 10.2. The van der Waals surface area contributed by atoms with Crippen LogP contribution in [0.15, 0.2) is 50.4 Å². The van der Waals surface area contributed by atoms with Crippen molar-refractivity contribution in [3.8, 4) is 0 Å². The fourth-order valence-electron chi connectivity index (χ4n) is 1.55. The summed E-state index contributed by atoms with van der Waals surface area (Å²) in [6.45, 7) is 0. The van der Waals surface area contributed by atoms with Crippen molar-refractivity contribution in [1.29, 1.82) is 0 Å². The van der Waals surface area contributed by atoms with Crippen LogP contribution in [0.25, 0.3) is 0 Å². The van der Waals surface area contributed by atoms with Gasteiger partial charge in [-0.2, -0.15) is 5.10 Å². The topological polar surface area (TPSA) is 67.5 Å². The highest BCUT2D eigenvalue weighted by atomic mass is 79.9. The molecule has 3 N–H and O–H groups in total. The number of halogens is 3. The Kier molecular flexibility index (Phi) is 5.39. The maximum absolute atomic E-state index is 12.0. The SMILES string of the molecule is Nc1c(Br)cc(Br)cc1C(=O)N/N=C/c1ccc(Cl)cc1. The molecule has 0 atom stereocenters. The molecule has 21 heavy (non-hydrogen) atoms. The fraction of sp³-hybridized carbons (Fsp3) is 0. The quantitative estimate of drug-likeness (QED) is 0.434. The molecule has 0 saturated heterocycles. The molecule has 2 aromatic rings. The van der Waals surface area contributed by atoms with Crippen molar-refractivity contribution in [3.05, 3.63) is 61.5 Å². The Bertz CT molecular complexity index is 702. The van der Waals surface area contributed by atoms with E-state index < -0.39 is 0 Å². The van der Waals surface area contributed by atoms with Gasteiger partial charge >= 0.3 is 0 Å². The molecular formula is C14H10Br2ClN3O. The first-order valence-electron chi connectivity index (χ1n) is 5.81. The van der Waals surface area contributed by atoms with Crippen LogP contribution in [0.2, 0.25) is 5.02 Å². The van der Waals surface area contributed by atoms with Crippen LogP contribution in [0.4, 0.5) is 5.69 Å². The summed E-state index contributed by atoms with van der Waals surface area (Å²) in [6.07, 6.45) is 1.53. The van der Waals surface area contributed by atoms with Crippen LogP contribution < -0.4 is 11.2 Å². The molecule has 0 spiro atoms. The lowest BCUT2D eigenvalue weighted by Crippen LogP contribution is -2.19. The number of hydrogen-bond acceptors (Lipinski definition) is 3. The standard InChI is InChI=1S/C14H10Br2ClN3O/c15-9-5-11(13(18)12(16)6-9)14(21)20-19-7-8-1-3-10(17)4-2-8/h1-7H,18H2,(H,20,21)/b19-7+. The number of hydrazone groups is 1. The number of anilines is 1. The Morgan fingerprint density at radius 2 is 1.90 bits per heavy atom. The van der Waals surface area contributed by atoms with Crippen LogP contribution in [-0.2, 0) is 0 Å². The van der Waals surface area contributed by atoms with Crippen LogP contribution in [-0.4, -0.2) is 12.1 Å². The highest BCUT2D eigenvalue weighted by Gasteiger charge is 2.12. The molecule has 0 bridgehead atoms. The lowest BCUT2D eigenvalue weighted by molar-refractivity contribution is 0.0956. The Labute approximate surface area is 143 Å². The van der Waals surface area contributed by atoms with Gasteiger partial charge in [0.25, 0.3) is 5.91 Å². The Morgan fingerprint density at radius 3 is 2.57 bits per heavy atom. The maximum Gasteiger partial charge on any atom is 0.273 e. The Morgan fingerprint density at radius 1 is 1.24 bits per heavy atom. The Balaban J connectivity index is 2.10. The lowest BCUT2D eigenvalue weighted by Gasteiger charge is -2.07. The number of rotatable bonds is 3. The first-order chi connectivity index (χ1) is 9.97. The molecule has 7 heteroatoms. The summed E-state index contributed by atoms with van der Waals surface area (Å²) in [6, 6.07) is 10.5. The highest BCUT2D eigenvalue weighted by Crippen LogP contribution is 2.28. The van der Waals surface area contributed by atoms with Crippen LogP contribution in [0.3, 0.4) is 0 Å². The van der Waals surface area contributed by atoms with Crippen LogP contribution in [0, 0.1) is 0 Å². The summed E-state index contributed by atoms with van der Waals surface area (Å²) in [5.74, 6) is -0.389. The van der Waals surface area contributed by atoms with Gasteiger partial charge in [-0.15, -0.1) is 0 Å². The molecule has 1 amide bonds. The molecule has 0 saturated carbocycles. The second-order valence-corrected chi connectivity index (χ2v) is 6.31. The van der Waals surface area contributed by atoms with Crippen molar-refractivity contribution in [2.45, 2.75) is 0 Å². The number of benzene rings is 2. The summed E-state index contributed by atoms with van der Waals surface area (Å²) >= 11 is 12.4. The molecule has 0 unspecified atom stereocenters. The number of nitrogens with two attached hydrogens (primary N) is 1. The highest BCUT2D eigenvalue weighted by molar-refractivity contribution is 9.11. The van der Waals surface area contributed by atoms with Gasteiger partial charge in [0.1, 0.15) is 0 Å². The van der Waals surface area contributed by atoms with Crippen LogP contribution in [0.1, 0.15) is 15.9 Å². The van der Waals surface area contributed by atoms with Gasteiger partial charge in [-0.3, -0.25) is 4.79 Å². The van der Waals surface area contributed by atoms with Crippen molar-refractivity contribution >= 4 is 61.3 Å². The molecular weight excluding hydrogens is 421 g/mol. The van der Waals surface area contributed by atoms with Gasteiger partial charge in [-0.25, -0.2) is 5.43 Å². The summed E-state index contributed by atoms with van der Waals surface area (Å²) in [5.41, 5.74) is 9.81. The molecule has 4 nitrogen and oxygen atoms in total. The molecule has 0 aliphatic rings. The molecule has 108 valence electrons. The van der Waals surface area contributed by atoms with Gasteiger partial charge in [-0.05, 0) is 45.8 Å². The van der Waals surface area contributed by atoms with E-state index in [4.69, 9.17) is 17.3 Å². The number of nitrogens with zero attached hydrogens (tertiary/aromatic N) is 1. The third kappa shape index (κ3) is 4.30. The van der Waals surface area contributed by atoms with E-state index in [-0.39, 0.29) is 5.91 Å². The first kappa shape index (κ1) is 16.0. The minimum atomic E-state index is -0.389. The molecule has 2 rings (SSSR count). The molecule has 0 aliphatic heterocycles. The van der Waals surface area contributed by atoms with E-state index in [2.05, 4.69) is 42.4 Å². The number of nitrogens with one attached hydrogen (secondary N) is 1. The maximum atomic E-state index is 12.0. The van der Waals surface area contributed by atoms with Gasteiger partial charge in [0, 0.05) is 14.0 Å². The number of carbonyl (C=O) groups excluding carboxylic acids is 1. The fourth-order valence-corrected chi connectivity index (χ4v) is 2.90. The molecule has 2 aromatic carbocycles. The van der Waals surface area contributed by atoms with Crippen molar-refractivity contribution in [1.82, 2.24) is 5.43 Å². The monoisotopic (exact) mass is 429 g/mol. The Hall–Kier alpha value is -1.37. The van der Waals surface area contributed by atoms with Gasteiger partial charge in [-0.1, -0.05) is 39.7 Å². The van der Waals surface area contributed by atoms with E-state index in [1.165, 1.54) is 6.21 Å². The van der Waals surface area contributed by atoms with E-state index >= 15 is 0 Å². The zero-order valence-corrected chi connectivity index (χ0v) is 14.5. The summed E-state index contributed by atoms with van der Waals surface area (Å²) in [4.78, 5) is 12.0. The van der Waals surface area contributed by atoms with Crippen LogP contribution >= 0.6 is 43.5 Å². The minimum Gasteiger partial charge on any atom is -0.397 e. The largest absolute Gasteiger partial charge is 0.397 e. The third-order valence-electron chi connectivity index (χ3n) is 2.59. The second kappa shape index (κ2) is 7.06. The van der Waals surface area contributed by atoms with Crippen molar-refractivity contribution in [3.63, 3.8) is 0 Å². The molecule has 0 radical (unpaired) electrons. The number of carbonyl (C=O) groups is 1. The van der Waals surface area contributed by atoms with E-state index in [9.17, 15) is 4.79 Å². The number of amides is 1. The average Bonchev–Trinajstić information content (AvgIpc) is 2.44. The van der Waals surface area contributed by atoms with Crippen molar-refractivity contribution in [2.75, 3.05) is 5.73 Å². The average molecular weight is 432 g/mol. The number of hydrogen-bond donors (Lipinski definition) is 2. The smallest absolute Gasteiger partial charge is 0.273 e. The van der Waals surface area contributed by atoms with E-state index in [0.717, 1.165) is 10.0 Å². The van der Waals surface area contributed by atoms with Gasteiger partial charge < -0.3 is 5.73 Å². The van der Waals surface area contributed by atoms with Crippen molar-refractivity contribution in [2.24, 2.45) is 5.10 Å². The van der Waals surface area contributed by atoms with E-state index in [1.807, 2.05) is 0 Å². The van der Waals surface area contributed by atoms with Gasteiger partial charge in [0.15, 0.2) is 0 Å². The predicted molar refractivity (Wildman–Crippen MR) is 92.8 cm³/mol. The number of nitrogen functional groups attached to an aromatic ring is 1. The normalized spacial score (nSPS) is 10.8.